The standard InChI is InChI=1S/C11H16N2O3/c14-11-7-9(13-15)1-2-10(11)12-8-3-5-16-6-4-8/h1-2,7-8,12-15H,3-6H2/p+1. The quantitative estimate of drug-likeness (QED) is 0.344. The first-order chi connectivity index (χ1) is 7.79. The molecule has 5 N–H and O–H groups in total. The minimum Gasteiger partial charge on any atom is -0.506 e. The lowest BCUT2D eigenvalue weighted by Gasteiger charge is -2.24. The molecule has 1 saturated heterocycles. The minimum atomic E-state index is 0.161. The first-order valence-corrected chi connectivity index (χ1v) is 5.44. The maximum absolute atomic E-state index is 9.73. The molecule has 0 aromatic heterocycles. The van der Waals surface area contributed by atoms with Gasteiger partial charge in [0.2, 0.25) is 0 Å². The molecule has 1 aliphatic heterocycles. The smallest absolute Gasteiger partial charge is 0.165 e. The van der Waals surface area contributed by atoms with Crippen LogP contribution in [0, 0.1) is 0 Å². The van der Waals surface area contributed by atoms with Crippen LogP contribution in [0.25, 0.3) is 0 Å². The Morgan fingerprint density at radius 1 is 1.31 bits per heavy atom. The van der Waals surface area contributed by atoms with Gasteiger partial charge in [-0.05, 0) is 18.9 Å². The van der Waals surface area contributed by atoms with Crippen molar-refractivity contribution in [3.63, 3.8) is 0 Å². The lowest BCUT2D eigenvalue weighted by atomic mass is 10.1. The third-order valence-corrected chi connectivity index (χ3v) is 2.75. The van der Waals surface area contributed by atoms with Crippen LogP contribution >= 0.6 is 0 Å². The zero-order valence-electron chi connectivity index (χ0n) is 9.02. The number of nitrogens with two attached hydrogens (primary N) is 1. The molecular weight excluding hydrogens is 208 g/mol. The predicted molar refractivity (Wildman–Crippen MR) is 58.9 cm³/mol. The molecular formula is C11H17N2O3+. The number of phenolic OH excluding ortho intramolecular Hbond substituents is 1. The van der Waals surface area contributed by atoms with Crippen LogP contribution in [0.2, 0.25) is 0 Å². The van der Waals surface area contributed by atoms with Gasteiger partial charge in [-0.1, -0.05) is 0 Å². The SMILES string of the molecule is O[NH2+]c1ccc(NC2CCOCC2)c(O)c1. The second kappa shape index (κ2) is 5.16. The third kappa shape index (κ3) is 2.63. The number of aromatic hydroxyl groups is 1. The highest BCUT2D eigenvalue weighted by atomic mass is 16.5. The molecule has 0 unspecified atom stereocenters. The van der Waals surface area contributed by atoms with Crippen LogP contribution in [0.5, 0.6) is 5.75 Å². The fraction of sp³-hybridized carbons (Fsp3) is 0.455. The van der Waals surface area contributed by atoms with E-state index >= 15 is 0 Å². The van der Waals surface area contributed by atoms with Crippen molar-refractivity contribution >= 4 is 11.4 Å². The summed E-state index contributed by atoms with van der Waals surface area (Å²) in [5, 5.41) is 21.8. The molecule has 0 amide bonds. The van der Waals surface area contributed by atoms with Crippen molar-refractivity contribution in [2.24, 2.45) is 0 Å². The van der Waals surface area contributed by atoms with Gasteiger partial charge in [0, 0.05) is 31.4 Å². The predicted octanol–water partition coefficient (Wildman–Crippen LogP) is 0.567. The minimum absolute atomic E-state index is 0.161. The van der Waals surface area contributed by atoms with Crippen molar-refractivity contribution in [2.45, 2.75) is 18.9 Å². The molecule has 0 saturated carbocycles. The van der Waals surface area contributed by atoms with Gasteiger partial charge in [0.15, 0.2) is 5.69 Å². The molecule has 2 rings (SSSR count). The molecule has 0 bridgehead atoms. The maximum atomic E-state index is 9.73. The third-order valence-electron chi connectivity index (χ3n) is 2.75. The molecule has 1 heterocycles. The highest BCUT2D eigenvalue weighted by Crippen LogP contribution is 2.26. The van der Waals surface area contributed by atoms with E-state index in [2.05, 4.69) is 5.32 Å². The molecule has 1 aliphatic rings. The normalized spacial score (nSPS) is 17.3. The monoisotopic (exact) mass is 225 g/mol. The van der Waals surface area contributed by atoms with Crippen molar-refractivity contribution in [1.29, 1.82) is 0 Å². The first-order valence-electron chi connectivity index (χ1n) is 5.44. The zero-order chi connectivity index (χ0) is 11.4. The van der Waals surface area contributed by atoms with Crippen LogP contribution in [0.4, 0.5) is 11.4 Å². The number of hydrogen-bond acceptors (Lipinski definition) is 4. The van der Waals surface area contributed by atoms with E-state index in [0.717, 1.165) is 31.5 Å². The molecule has 0 spiro atoms. The average Bonchev–Trinajstić information content (AvgIpc) is 2.33. The van der Waals surface area contributed by atoms with Crippen LogP contribution in [0.1, 0.15) is 12.8 Å². The summed E-state index contributed by atoms with van der Waals surface area (Å²) < 4.78 is 5.26. The molecule has 0 atom stereocenters. The maximum Gasteiger partial charge on any atom is 0.165 e. The average molecular weight is 225 g/mol. The van der Waals surface area contributed by atoms with E-state index in [9.17, 15) is 5.11 Å². The Hall–Kier alpha value is -1.30. The summed E-state index contributed by atoms with van der Waals surface area (Å²) in [6.07, 6.45) is 1.90. The van der Waals surface area contributed by atoms with Crippen LogP contribution < -0.4 is 10.8 Å². The number of anilines is 1. The number of rotatable bonds is 3. The highest BCUT2D eigenvalue weighted by molar-refractivity contribution is 5.60. The summed E-state index contributed by atoms with van der Waals surface area (Å²) >= 11 is 0. The van der Waals surface area contributed by atoms with Gasteiger partial charge in [0.1, 0.15) is 5.75 Å². The Balaban J connectivity index is 2.03. The number of benzene rings is 1. The van der Waals surface area contributed by atoms with Crippen molar-refractivity contribution in [3.8, 4) is 5.75 Å². The molecule has 1 aromatic rings. The number of hydrogen-bond donors (Lipinski definition) is 4. The largest absolute Gasteiger partial charge is 0.506 e. The zero-order valence-corrected chi connectivity index (χ0v) is 9.02. The molecule has 0 radical (unpaired) electrons. The molecule has 1 fully saturated rings. The molecule has 5 nitrogen and oxygen atoms in total. The topological polar surface area (TPSA) is 78.3 Å². The lowest BCUT2D eigenvalue weighted by Crippen LogP contribution is -2.73. The van der Waals surface area contributed by atoms with E-state index in [1.807, 2.05) is 0 Å². The van der Waals surface area contributed by atoms with E-state index in [1.54, 1.807) is 12.1 Å². The number of quaternary nitrogens is 1. The summed E-state index contributed by atoms with van der Waals surface area (Å²) in [6.45, 7) is 1.53. The first kappa shape index (κ1) is 11.2. The van der Waals surface area contributed by atoms with E-state index in [0.29, 0.717) is 17.4 Å². The summed E-state index contributed by atoms with van der Waals surface area (Å²) in [5.41, 5.74) is 2.27. The van der Waals surface area contributed by atoms with Gasteiger partial charge in [0.05, 0.1) is 5.69 Å². The Bertz CT molecular complexity index is 351. The number of nitrogens with one attached hydrogen (secondary N) is 1. The molecule has 16 heavy (non-hydrogen) atoms. The van der Waals surface area contributed by atoms with E-state index in [1.165, 1.54) is 6.07 Å². The Kier molecular flexibility index (Phi) is 3.61. The molecule has 1 aromatic carbocycles. The lowest BCUT2D eigenvalue weighted by molar-refractivity contribution is -0.825. The summed E-state index contributed by atoms with van der Waals surface area (Å²) in [6, 6.07) is 5.40. The Labute approximate surface area is 94.0 Å². The van der Waals surface area contributed by atoms with Gasteiger partial charge in [-0.25, -0.2) is 5.21 Å². The fourth-order valence-electron chi connectivity index (χ4n) is 1.81. The van der Waals surface area contributed by atoms with E-state index in [-0.39, 0.29) is 5.75 Å². The molecule has 0 aliphatic carbocycles. The van der Waals surface area contributed by atoms with Gasteiger partial charge >= 0.3 is 0 Å². The van der Waals surface area contributed by atoms with Gasteiger partial charge < -0.3 is 15.2 Å². The van der Waals surface area contributed by atoms with Gasteiger partial charge in [-0.3, -0.25) is 0 Å². The highest BCUT2D eigenvalue weighted by Gasteiger charge is 2.15. The van der Waals surface area contributed by atoms with E-state index in [4.69, 9.17) is 9.94 Å². The van der Waals surface area contributed by atoms with Crippen molar-refractivity contribution < 1.29 is 20.5 Å². The van der Waals surface area contributed by atoms with Crippen LogP contribution in [-0.2, 0) is 4.74 Å². The summed E-state index contributed by atoms with van der Waals surface area (Å²) in [5.74, 6) is 0.161. The van der Waals surface area contributed by atoms with Crippen LogP contribution in [0.15, 0.2) is 18.2 Å². The van der Waals surface area contributed by atoms with Crippen LogP contribution in [-0.4, -0.2) is 29.6 Å². The van der Waals surface area contributed by atoms with Crippen molar-refractivity contribution in [3.05, 3.63) is 18.2 Å². The number of ether oxygens (including phenoxy) is 1. The van der Waals surface area contributed by atoms with Crippen LogP contribution in [0.3, 0.4) is 0 Å². The summed E-state index contributed by atoms with van der Waals surface area (Å²) in [7, 11) is 0. The van der Waals surface area contributed by atoms with Gasteiger partial charge in [-0.2, -0.15) is 5.48 Å². The Morgan fingerprint density at radius 2 is 2.06 bits per heavy atom. The molecule has 88 valence electrons. The Morgan fingerprint density at radius 3 is 2.69 bits per heavy atom. The molecule has 5 heteroatoms. The summed E-state index contributed by atoms with van der Waals surface area (Å²) in [4.78, 5) is 0. The van der Waals surface area contributed by atoms with Crippen molar-refractivity contribution in [2.75, 3.05) is 18.5 Å². The van der Waals surface area contributed by atoms with E-state index < -0.39 is 0 Å². The second-order valence-electron chi connectivity index (χ2n) is 3.94. The van der Waals surface area contributed by atoms with Gasteiger partial charge in [0.25, 0.3) is 0 Å². The van der Waals surface area contributed by atoms with Gasteiger partial charge in [-0.15, -0.1) is 0 Å². The van der Waals surface area contributed by atoms with Crippen molar-refractivity contribution in [1.82, 2.24) is 0 Å². The number of phenols is 1. The second-order valence-corrected chi connectivity index (χ2v) is 3.94. The fourth-order valence-corrected chi connectivity index (χ4v) is 1.81.